The molecular weight excluding hydrogens is 2470 g/mol. The largest absolute Gasteiger partial charge is 2.00 e. The fraction of sp³-hybridized carbons (Fsp3) is 0.210. The van der Waals surface area contributed by atoms with Crippen molar-refractivity contribution in [3.8, 4) is 73.2 Å². The molecule has 14 nitrogen and oxygen atoms in total. The first-order chi connectivity index (χ1) is 67.4. The predicted molar refractivity (Wildman–Crippen MR) is 552 cm³/mol. The molecule has 4 atom stereocenters. The van der Waals surface area contributed by atoms with Crippen LogP contribution >= 0.6 is 0 Å². The molecule has 4 bridgehead atoms. The molecule has 7 aromatic heterocycles. The summed E-state index contributed by atoms with van der Waals surface area (Å²) in [5.41, 5.74) is 34.2. The van der Waals surface area contributed by atoms with Crippen LogP contribution in [-0.4, -0.2) is 56.7 Å². The number of anilines is 3. The molecular formula is C124H111Ir2N10O4Pt2-. The number of rotatable bonds is 10. The van der Waals surface area contributed by atoms with E-state index in [9.17, 15) is 9.59 Å². The van der Waals surface area contributed by atoms with Crippen molar-refractivity contribution < 1.29 is 111 Å². The van der Waals surface area contributed by atoms with Crippen LogP contribution < -0.4 is 14.0 Å². The Hall–Kier alpha value is -12.9. The summed E-state index contributed by atoms with van der Waals surface area (Å²) in [5.74, 6) is 4.90. The van der Waals surface area contributed by atoms with Crippen LogP contribution in [0.15, 0.2) is 358 Å². The van der Waals surface area contributed by atoms with Crippen LogP contribution in [0.4, 0.5) is 17.3 Å². The number of aromatic nitrogens is 9. The maximum absolute atomic E-state index is 10.0. The average molecular weight is 2580 g/mol. The zero-order valence-corrected chi connectivity index (χ0v) is 89.6. The van der Waals surface area contributed by atoms with Crippen molar-refractivity contribution in [3.05, 3.63) is 444 Å². The van der Waals surface area contributed by atoms with Crippen LogP contribution in [0.1, 0.15) is 166 Å². The van der Waals surface area contributed by atoms with E-state index in [0.29, 0.717) is 5.41 Å². The van der Waals surface area contributed by atoms with E-state index in [0.717, 1.165) is 127 Å². The number of allylic oxidation sites excluding steroid dienone is 4. The molecule has 720 valence electrons. The fourth-order valence-electron chi connectivity index (χ4n) is 20.9. The van der Waals surface area contributed by atoms with Gasteiger partial charge in [-0.15, -0.1) is 160 Å². The van der Waals surface area contributed by atoms with Crippen LogP contribution in [0.3, 0.4) is 0 Å². The number of carbonyl (C=O) groups excluding carboxylic acids is 2. The Labute approximate surface area is 889 Å². The van der Waals surface area contributed by atoms with Gasteiger partial charge in [-0.25, -0.2) is 0 Å². The molecule has 7 aliphatic carbocycles. The molecule has 0 amide bonds. The summed E-state index contributed by atoms with van der Waals surface area (Å²) < 4.78 is 5.08. The van der Waals surface area contributed by atoms with Gasteiger partial charge in [-0.05, 0) is 286 Å². The maximum Gasteiger partial charge on any atom is 2.00 e. The van der Waals surface area contributed by atoms with Crippen LogP contribution in [0.2, 0.25) is 0 Å². The van der Waals surface area contributed by atoms with E-state index in [-0.39, 0.29) is 105 Å². The van der Waals surface area contributed by atoms with Crippen molar-refractivity contribution in [2.75, 3.05) is 4.90 Å². The second kappa shape index (κ2) is 47.8. The minimum absolute atomic E-state index is 0. The standard InChI is InChI=1S/C28H19N3.C23H26N.C21H22N.C16H10N3.C15H10N.C11H8N.2C5H8O2.2Ir.2Pt/c1-4-12-22(13-5-1)25-18-10-20-27(29-25)31(24-16-8-3-9-17-24)28-21-11-19-26(30-28)23-14-6-2-7-15-23;1-23(2)18-8-16-10-22-19-9-15-6-4-3-5-14(15)7-17(19)12-24(22)13-20(16)21(23)11-18;1-2-4-14-9-19-17(7-13(14)3-1)11-22-12-20-16-6-5-15(8-16)18(20)10-21(19)22;1-2-8-13-12(6-1)7-5-11-16(13)19-17-14-9-3-4-10-15(14)18-19;1-2-7-13(8-3-1)15-14-9-5-4-6-12(14)10-11-16-15;1-2-6-10(7-3-1)11-8-4-5-9-12-11;2*1-4(6)3-5(2)7;;;;/h1-12,14,16-21H;7,9-10,13,18,21H,3-6,8,11-12H2,1-2H3;7,9-10,12,15-16H,1-6,8,11H2;1-10H;1-7,9-11H;1-6,8-9H;2*3,6H,1-2H3;;;;/q-2;2*+1;3*-1;;;;;;+2. The molecule has 9 heterocycles. The van der Waals surface area contributed by atoms with Gasteiger partial charge in [-0.2, -0.15) is 42.3 Å². The molecule has 27 rings (SSSR count). The molecule has 4 unspecified atom stereocenters. The molecule has 18 aromatic rings. The number of para-hydroxylation sites is 1. The van der Waals surface area contributed by atoms with Gasteiger partial charge in [0.25, 0.3) is 0 Å². The van der Waals surface area contributed by atoms with Crippen molar-refractivity contribution in [2.45, 2.75) is 156 Å². The predicted octanol–water partition coefficient (Wildman–Crippen LogP) is 27.4. The van der Waals surface area contributed by atoms with Crippen LogP contribution in [0.5, 0.6) is 0 Å². The Morgan fingerprint density at radius 1 is 0.430 bits per heavy atom. The summed E-state index contributed by atoms with van der Waals surface area (Å²) in [6.07, 6.45) is 28.6. The number of pyridine rings is 6. The number of fused-ring (bicyclic) bond motifs is 16. The molecule has 0 saturated heterocycles. The monoisotopic (exact) mass is 2580 g/mol. The first-order valence-corrected chi connectivity index (χ1v) is 48.3. The Kier molecular flexibility index (Phi) is 34.8. The fourth-order valence-corrected chi connectivity index (χ4v) is 20.9. The van der Waals surface area contributed by atoms with Gasteiger partial charge in [-0.1, -0.05) is 123 Å². The van der Waals surface area contributed by atoms with Crippen LogP contribution in [0, 0.1) is 41.7 Å². The number of benzene rings is 11. The van der Waals surface area contributed by atoms with Crippen molar-refractivity contribution in [3.63, 3.8) is 0 Å². The molecule has 11 aromatic carbocycles. The van der Waals surface area contributed by atoms with E-state index in [1.165, 1.54) is 157 Å². The van der Waals surface area contributed by atoms with Gasteiger partial charge in [-0.3, -0.25) is 24.5 Å². The number of nitrogens with zero attached hydrogens (tertiary/aromatic N) is 10. The molecule has 142 heavy (non-hydrogen) atoms. The number of carbonyl (C=O) groups is 2. The minimum Gasteiger partial charge on any atom is -0.512 e. The summed E-state index contributed by atoms with van der Waals surface area (Å²) in [4.78, 5) is 42.3. The summed E-state index contributed by atoms with van der Waals surface area (Å²) in [6, 6.07) is 121. The normalized spacial score (nSPS) is 15.7. The third-order valence-corrected chi connectivity index (χ3v) is 27.7. The Balaban J connectivity index is 0.000000126. The second-order valence-electron chi connectivity index (χ2n) is 37.5. The zero-order valence-electron chi connectivity index (χ0n) is 80.3. The van der Waals surface area contributed by atoms with E-state index in [4.69, 9.17) is 20.2 Å². The zero-order chi connectivity index (χ0) is 94.6. The van der Waals surface area contributed by atoms with Crippen molar-refractivity contribution in [1.82, 2.24) is 34.9 Å². The molecule has 2 saturated carbocycles. The van der Waals surface area contributed by atoms with Gasteiger partial charge < -0.3 is 20.2 Å². The summed E-state index contributed by atoms with van der Waals surface area (Å²) >= 11 is 0. The smallest absolute Gasteiger partial charge is 0.512 e. The Morgan fingerprint density at radius 2 is 0.894 bits per heavy atom. The van der Waals surface area contributed by atoms with Crippen LogP contribution in [0.25, 0.3) is 106 Å². The van der Waals surface area contributed by atoms with E-state index < -0.39 is 0 Å². The maximum atomic E-state index is 10.0. The SMILES string of the molecule is CC(=O)C=C(C)O.CC(=O)C=C(C)O.CC1(C)C2Cc3cc4[n+](cc3C1C2)Cc1cc2c(cc1-4)CCCC2.[Ir].[Ir].[Pt+2].[Pt].[c-]1ccc2ccccc2c1-n1nc2ccccc2n1.[c-]1ccccc1-c1cccc(N(c2ccccc2)c2cccc(-c3[c-]cccc3)n2)n1.[c-]1ccccc1-c1ccccn1.[c-]1ccccc1-c1nccc2ccccc12.c1c2c(cc3c1C[n+]1cc4c(cc1-3)C1CCC4C1)CCCC2. The molecule has 2 radical (unpaired) electrons. The molecule has 2 fully saturated rings. The number of ketones is 2. The molecule has 2 aliphatic heterocycles. The number of hydrogen-bond donors (Lipinski definition) is 2. The molecule has 9 aliphatic rings. The minimum atomic E-state index is -0.125. The van der Waals surface area contributed by atoms with Gasteiger partial charge in [0.1, 0.15) is 22.7 Å². The molecule has 2 N–H and O–H groups in total. The average Bonchev–Trinajstić information content (AvgIpc) is 1.22. The quantitative estimate of drug-likeness (QED) is 0.0579. The number of hydrogen-bond acceptors (Lipinski definition) is 11. The second-order valence-corrected chi connectivity index (χ2v) is 37.5. The number of aliphatic hydroxyl groups excluding tert-OH is 2. The first-order valence-electron chi connectivity index (χ1n) is 48.3. The van der Waals surface area contributed by atoms with E-state index in [1.807, 2.05) is 243 Å². The van der Waals surface area contributed by atoms with Crippen LogP contribution in [-0.2, 0) is 137 Å². The van der Waals surface area contributed by atoms with E-state index in [1.54, 1.807) is 66.6 Å². The topological polar surface area (TPSA) is 168 Å². The van der Waals surface area contributed by atoms with Gasteiger partial charge in [0, 0.05) is 126 Å². The van der Waals surface area contributed by atoms with Gasteiger partial charge >= 0.3 is 21.1 Å². The Bertz CT molecular complexity index is 7320. The summed E-state index contributed by atoms with van der Waals surface area (Å²) in [5, 5.41) is 30.4. The van der Waals surface area contributed by atoms with E-state index in [2.05, 4.69) is 164 Å². The Morgan fingerprint density at radius 3 is 1.40 bits per heavy atom. The van der Waals surface area contributed by atoms with Gasteiger partial charge in [0.2, 0.25) is 11.4 Å². The van der Waals surface area contributed by atoms with Gasteiger partial charge in [0.15, 0.2) is 37.0 Å². The third kappa shape index (κ3) is 23.9. The van der Waals surface area contributed by atoms with Crippen molar-refractivity contribution in [2.24, 2.45) is 11.3 Å². The van der Waals surface area contributed by atoms with E-state index >= 15 is 0 Å². The summed E-state index contributed by atoms with van der Waals surface area (Å²) in [7, 11) is 0. The molecule has 18 heteroatoms. The number of aryl methyl sites for hydroxylation is 4. The third-order valence-electron chi connectivity index (χ3n) is 27.7. The summed E-state index contributed by atoms with van der Waals surface area (Å²) in [6.45, 7) is 12.8. The molecule has 0 spiro atoms. The first kappa shape index (κ1) is 103. The van der Waals surface area contributed by atoms with Crippen molar-refractivity contribution >= 4 is 61.5 Å². The number of aliphatic hydroxyl groups is 2. The van der Waals surface area contributed by atoms with Gasteiger partial charge in [0.05, 0.1) is 22.6 Å². The van der Waals surface area contributed by atoms with Crippen molar-refractivity contribution in [1.29, 1.82) is 0 Å².